The van der Waals surface area contributed by atoms with Crippen molar-refractivity contribution in [3.63, 3.8) is 0 Å². The van der Waals surface area contributed by atoms with Gasteiger partial charge in [-0.2, -0.15) is 9.79 Å². The molecule has 0 aliphatic heterocycles. The lowest BCUT2D eigenvalue weighted by molar-refractivity contribution is 0.332. The van der Waals surface area contributed by atoms with Crippen LogP contribution >= 0.6 is 7.94 Å². The molecule has 0 aliphatic rings. The summed E-state index contributed by atoms with van der Waals surface area (Å²) in [6.07, 6.45) is 15.5. The van der Waals surface area contributed by atoms with Crippen molar-refractivity contribution in [1.29, 1.82) is 0 Å². The number of rotatable bonds is 15. The molecule has 0 spiro atoms. The summed E-state index contributed by atoms with van der Waals surface area (Å²) < 4.78 is 5.85. The standard InChI is InChI=1S/C28H52O3P/c1-8-9-10-11-12-13-14-15-16-17-18-19-22-32(29,30)31-26-21-20-24(27(2,3)4)23-25(26)28(5,6)7/h20-21,23,29-30H,8-19,22H2,1-7H3/q+1. The first-order valence-electron chi connectivity index (χ1n) is 13.0. The number of unbranched alkanes of at least 4 members (excludes halogenated alkanes) is 11. The predicted molar refractivity (Wildman–Crippen MR) is 142 cm³/mol. The highest BCUT2D eigenvalue weighted by Crippen LogP contribution is 2.53. The molecule has 2 N–H and O–H groups in total. The van der Waals surface area contributed by atoms with Gasteiger partial charge in [-0.05, 0) is 35.3 Å². The Kier molecular flexibility index (Phi) is 12.8. The second-order valence-electron chi connectivity index (χ2n) is 11.6. The van der Waals surface area contributed by atoms with Crippen LogP contribution in [0.5, 0.6) is 5.75 Å². The van der Waals surface area contributed by atoms with E-state index in [1.165, 1.54) is 69.8 Å². The predicted octanol–water partition coefficient (Wildman–Crippen LogP) is 9.11. The summed E-state index contributed by atoms with van der Waals surface area (Å²) >= 11 is 0. The van der Waals surface area contributed by atoms with Crippen LogP contribution in [0.15, 0.2) is 18.2 Å². The molecule has 0 bridgehead atoms. The summed E-state index contributed by atoms with van der Waals surface area (Å²) in [5, 5.41) is 0. The molecular formula is C28H52O3P+. The summed E-state index contributed by atoms with van der Waals surface area (Å²) in [5.74, 6) is 0.614. The SMILES string of the molecule is CCCCCCCCCCCCCC[P+](O)(O)Oc1ccc(C(C)(C)C)cc1C(C)(C)C. The molecule has 0 radical (unpaired) electrons. The van der Waals surface area contributed by atoms with Crippen LogP contribution in [0.2, 0.25) is 0 Å². The molecule has 0 aliphatic carbocycles. The van der Waals surface area contributed by atoms with Gasteiger partial charge in [-0.15, -0.1) is 0 Å². The first-order chi connectivity index (χ1) is 14.9. The maximum absolute atomic E-state index is 10.6. The average Bonchev–Trinajstić information content (AvgIpc) is 2.67. The molecule has 0 aromatic heterocycles. The number of benzene rings is 1. The molecule has 32 heavy (non-hydrogen) atoms. The summed E-state index contributed by atoms with van der Waals surface area (Å²) in [5.41, 5.74) is 2.17. The van der Waals surface area contributed by atoms with Gasteiger partial charge in [0.05, 0.1) is 0 Å². The van der Waals surface area contributed by atoms with Gasteiger partial charge in [0.1, 0.15) is 6.16 Å². The first kappa shape index (κ1) is 29.4. The van der Waals surface area contributed by atoms with Gasteiger partial charge < -0.3 is 0 Å². The Morgan fingerprint density at radius 2 is 1.16 bits per heavy atom. The van der Waals surface area contributed by atoms with Crippen molar-refractivity contribution in [3.8, 4) is 5.75 Å². The van der Waals surface area contributed by atoms with E-state index < -0.39 is 7.94 Å². The van der Waals surface area contributed by atoms with Crippen molar-refractivity contribution in [1.82, 2.24) is 0 Å². The Morgan fingerprint density at radius 1 is 0.688 bits per heavy atom. The van der Waals surface area contributed by atoms with Gasteiger partial charge in [-0.3, -0.25) is 4.52 Å². The largest absolute Gasteiger partial charge is 0.451 e. The fourth-order valence-corrected chi connectivity index (χ4v) is 5.23. The Bertz CT molecular complexity index is 641. The average molecular weight is 468 g/mol. The molecule has 0 atom stereocenters. The maximum Gasteiger partial charge on any atom is 0.451 e. The molecule has 1 aromatic rings. The van der Waals surface area contributed by atoms with Crippen LogP contribution in [0.3, 0.4) is 0 Å². The smallest absolute Gasteiger partial charge is 0.287 e. The van der Waals surface area contributed by atoms with E-state index >= 15 is 0 Å². The van der Waals surface area contributed by atoms with E-state index in [1.807, 2.05) is 12.1 Å². The van der Waals surface area contributed by atoms with E-state index in [9.17, 15) is 9.79 Å². The second-order valence-corrected chi connectivity index (χ2v) is 13.5. The molecule has 4 heteroatoms. The van der Waals surface area contributed by atoms with Gasteiger partial charge in [0.15, 0.2) is 5.75 Å². The zero-order chi connectivity index (χ0) is 24.3. The minimum absolute atomic E-state index is 0.0399. The molecule has 0 fully saturated rings. The number of hydrogen-bond acceptors (Lipinski definition) is 3. The quantitative estimate of drug-likeness (QED) is 0.200. The Balaban J connectivity index is 2.41. The summed E-state index contributed by atoms with van der Waals surface area (Å²) in [6.45, 7) is 15.3. The third kappa shape index (κ3) is 12.0. The van der Waals surface area contributed by atoms with E-state index in [4.69, 9.17) is 4.52 Å². The van der Waals surface area contributed by atoms with Crippen molar-refractivity contribution in [2.24, 2.45) is 0 Å². The molecule has 0 saturated carbocycles. The van der Waals surface area contributed by atoms with Gasteiger partial charge in [0.25, 0.3) is 0 Å². The van der Waals surface area contributed by atoms with Gasteiger partial charge >= 0.3 is 7.94 Å². The highest BCUT2D eigenvalue weighted by atomic mass is 31.2. The van der Waals surface area contributed by atoms with E-state index in [-0.39, 0.29) is 10.8 Å². The van der Waals surface area contributed by atoms with E-state index in [2.05, 4.69) is 54.5 Å². The van der Waals surface area contributed by atoms with E-state index in [1.54, 1.807) is 0 Å². The van der Waals surface area contributed by atoms with Crippen molar-refractivity contribution < 1.29 is 14.3 Å². The van der Waals surface area contributed by atoms with Crippen molar-refractivity contribution in [2.75, 3.05) is 6.16 Å². The zero-order valence-electron chi connectivity index (χ0n) is 22.2. The van der Waals surface area contributed by atoms with Gasteiger partial charge in [-0.25, -0.2) is 0 Å². The van der Waals surface area contributed by atoms with Crippen LogP contribution in [-0.4, -0.2) is 15.9 Å². The molecule has 186 valence electrons. The van der Waals surface area contributed by atoms with E-state index in [0.717, 1.165) is 18.4 Å². The summed E-state index contributed by atoms with van der Waals surface area (Å²) in [7, 11) is -3.40. The van der Waals surface area contributed by atoms with E-state index in [0.29, 0.717) is 11.9 Å². The van der Waals surface area contributed by atoms with Crippen molar-refractivity contribution in [3.05, 3.63) is 29.3 Å². The molecule has 0 saturated heterocycles. The molecule has 1 aromatic carbocycles. The normalized spacial score (nSPS) is 12.9. The van der Waals surface area contributed by atoms with Crippen LogP contribution in [-0.2, 0) is 10.8 Å². The molecule has 0 unspecified atom stereocenters. The van der Waals surface area contributed by atoms with Crippen LogP contribution in [0.4, 0.5) is 0 Å². The van der Waals surface area contributed by atoms with Crippen molar-refractivity contribution >= 4 is 7.94 Å². The second kappa shape index (κ2) is 13.9. The summed E-state index contributed by atoms with van der Waals surface area (Å²) in [6, 6.07) is 6.14. The van der Waals surface area contributed by atoms with Crippen LogP contribution in [0, 0.1) is 0 Å². The molecule has 1 rings (SSSR count). The molecular weight excluding hydrogens is 415 g/mol. The lowest BCUT2D eigenvalue weighted by Crippen LogP contribution is -2.18. The van der Waals surface area contributed by atoms with Crippen molar-refractivity contribution in [2.45, 2.75) is 136 Å². The highest BCUT2D eigenvalue weighted by molar-refractivity contribution is 7.60. The molecule has 3 nitrogen and oxygen atoms in total. The Labute approximate surface area is 200 Å². The Morgan fingerprint density at radius 3 is 1.59 bits per heavy atom. The zero-order valence-corrected chi connectivity index (χ0v) is 23.1. The first-order valence-corrected chi connectivity index (χ1v) is 14.8. The third-order valence-corrected chi connectivity index (χ3v) is 7.59. The maximum atomic E-state index is 10.6. The van der Waals surface area contributed by atoms with Gasteiger partial charge in [0.2, 0.25) is 0 Å². The third-order valence-electron chi connectivity index (χ3n) is 6.20. The highest BCUT2D eigenvalue weighted by Gasteiger charge is 2.38. The molecule has 0 heterocycles. The van der Waals surface area contributed by atoms with Crippen LogP contribution < -0.4 is 4.52 Å². The number of hydrogen-bond donors (Lipinski definition) is 2. The fourth-order valence-electron chi connectivity index (χ4n) is 4.02. The topological polar surface area (TPSA) is 49.7 Å². The Hall–Kier alpha value is -0.630. The van der Waals surface area contributed by atoms with Crippen LogP contribution in [0.1, 0.15) is 137 Å². The van der Waals surface area contributed by atoms with Gasteiger partial charge in [-0.1, -0.05) is 125 Å². The lowest BCUT2D eigenvalue weighted by Gasteiger charge is -2.27. The minimum Gasteiger partial charge on any atom is -0.287 e. The fraction of sp³-hybridized carbons (Fsp3) is 0.786. The van der Waals surface area contributed by atoms with Crippen LogP contribution in [0.25, 0.3) is 0 Å². The van der Waals surface area contributed by atoms with Gasteiger partial charge in [0, 0.05) is 5.56 Å². The monoisotopic (exact) mass is 467 g/mol. The minimum atomic E-state index is -3.40. The molecule has 0 amide bonds. The summed E-state index contributed by atoms with van der Waals surface area (Å²) in [4.78, 5) is 21.2. The lowest BCUT2D eigenvalue weighted by atomic mass is 9.80.